The van der Waals surface area contributed by atoms with Crippen LogP contribution in [0, 0.1) is 0 Å². The van der Waals surface area contributed by atoms with Gasteiger partial charge in [0.25, 0.3) is 0 Å². The minimum atomic E-state index is -0.940. The fourth-order valence-electron chi connectivity index (χ4n) is 1.98. The molecule has 1 aliphatic rings. The average molecular weight is 250 g/mol. The molecule has 2 N–H and O–H groups in total. The van der Waals surface area contributed by atoms with Gasteiger partial charge < -0.3 is 15.1 Å². The molecule has 0 unspecified atom stereocenters. The van der Waals surface area contributed by atoms with Gasteiger partial charge in [-0.05, 0) is 11.1 Å². The minimum absolute atomic E-state index is 0.281. The first-order chi connectivity index (χ1) is 8.72. The number of hydrogen-bond donors (Lipinski definition) is 2. The highest BCUT2D eigenvalue weighted by Crippen LogP contribution is 2.24. The van der Waals surface area contributed by atoms with E-state index < -0.39 is 6.09 Å². The third kappa shape index (κ3) is 2.60. The van der Waals surface area contributed by atoms with Crippen molar-refractivity contribution in [2.24, 2.45) is 5.16 Å². The van der Waals surface area contributed by atoms with Gasteiger partial charge in [0.1, 0.15) is 0 Å². The van der Waals surface area contributed by atoms with Crippen LogP contribution in [0.15, 0.2) is 29.4 Å². The average Bonchev–Trinajstić information content (AvgIpc) is 2.40. The number of carbonyl (C=O) groups is 1. The lowest BCUT2D eigenvalue weighted by molar-refractivity contribution is -0.000894. The number of benzene rings is 1. The number of ether oxygens (including phenoxy) is 1. The molecule has 6 heteroatoms. The molecule has 1 atom stereocenters. The van der Waals surface area contributed by atoms with Gasteiger partial charge in [-0.15, -0.1) is 0 Å². The summed E-state index contributed by atoms with van der Waals surface area (Å²) in [5, 5.41) is 20.5. The zero-order valence-corrected chi connectivity index (χ0v) is 9.69. The molecule has 96 valence electrons. The van der Waals surface area contributed by atoms with Crippen molar-refractivity contribution in [3.63, 3.8) is 0 Å². The lowest BCUT2D eigenvalue weighted by Crippen LogP contribution is -2.42. The predicted octanol–water partition coefficient (Wildman–Crippen LogP) is 1.55. The van der Waals surface area contributed by atoms with Crippen molar-refractivity contribution < 1.29 is 19.8 Å². The van der Waals surface area contributed by atoms with Gasteiger partial charge >= 0.3 is 6.09 Å². The topological polar surface area (TPSA) is 82.4 Å². The van der Waals surface area contributed by atoms with Gasteiger partial charge in [0.05, 0.1) is 25.5 Å². The van der Waals surface area contributed by atoms with E-state index in [1.807, 2.05) is 12.1 Å². The first kappa shape index (κ1) is 12.4. The lowest BCUT2D eigenvalue weighted by Gasteiger charge is -2.33. The van der Waals surface area contributed by atoms with Crippen molar-refractivity contribution in [2.75, 3.05) is 19.8 Å². The highest BCUT2D eigenvalue weighted by atomic mass is 16.5. The Balaban J connectivity index is 2.20. The fourth-order valence-corrected chi connectivity index (χ4v) is 1.98. The summed E-state index contributed by atoms with van der Waals surface area (Å²) in [6.07, 6.45) is 0.375. The van der Waals surface area contributed by atoms with Crippen LogP contribution in [0.3, 0.4) is 0 Å². The summed E-state index contributed by atoms with van der Waals surface area (Å²) in [5.74, 6) is 0. The molecule has 0 radical (unpaired) electrons. The normalized spacial score (nSPS) is 20.2. The molecule has 6 nitrogen and oxygen atoms in total. The Morgan fingerprint density at radius 2 is 2.17 bits per heavy atom. The van der Waals surface area contributed by atoms with Crippen LogP contribution < -0.4 is 0 Å². The van der Waals surface area contributed by atoms with Gasteiger partial charge in [-0.2, -0.15) is 0 Å². The molecule has 1 amide bonds. The van der Waals surface area contributed by atoms with Crippen LogP contribution in [0.4, 0.5) is 4.79 Å². The largest absolute Gasteiger partial charge is 0.465 e. The smallest absolute Gasteiger partial charge is 0.407 e. The highest BCUT2D eigenvalue weighted by molar-refractivity contribution is 5.79. The molecule has 1 aromatic rings. The maximum atomic E-state index is 11.1. The van der Waals surface area contributed by atoms with E-state index in [4.69, 9.17) is 15.1 Å². The van der Waals surface area contributed by atoms with Gasteiger partial charge in [0, 0.05) is 6.54 Å². The number of hydrogen-bond acceptors (Lipinski definition) is 4. The lowest BCUT2D eigenvalue weighted by atomic mass is 10.0. The van der Waals surface area contributed by atoms with Crippen LogP contribution >= 0.6 is 0 Å². The molecule has 1 saturated heterocycles. The van der Waals surface area contributed by atoms with Crippen molar-refractivity contribution in [1.82, 2.24) is 4.90 Å². The van der Waals surface area contributed by atoms with E-state index >= 15 is 0 Å². The molecule has 1 fully saturated rings. The van der Waals surface area contributed by atoms with Crippen LogP contribution in [0.25, 0.3) is 0 Å². The Morgan fingerprint density at radius 3 is 2.78 bits per heavy atom. The van der Waals surface area contributed by atoms with E-state index in [1.54, 1.807) is 12.1 Å². The van der Waals surface area contributed by atoms with Gasteiger partial charge in [-0.1, -0.05) is 29.4 Å². The third-order valence-electron chi connectivity index (χ3n) is 2.90. The van der Waals surface area contributed by atoms with E-state index in [0.717, 1.165) is 11.1 Å². The van der Waals surface area contributed by atoms with Gasteiger partial charge in [0.15, 0.2) is 0 Å². The number of nitrogens with zero attached hydrogens (tertiary/aromatic N) is 2. The highest BCUT2D eigenvalue weighted by Gasteiger charge is 2.28. The van der Waals surface area contributed by atoms with Crippen molar-refractivity contribution in [2.45, 2.75) is 6.04 Å². The maximum Gasteiger partial charge on any atom is 0.407 e. The number of amides is 1. The summed E-state index contributed by atoms with van der Waals surface area (Å²) in [7, 11) is 0. The molecule has 0 saturated carbocycles. The standard InChI is InChI=1S/C12H14N2O4/c15-12(16)14-5-6-18-8-11(14)10-3-1-9(2-4-10)7-13-17/h1-4,7,11,17H,5-6,8H2,(H,15,16)/b13-7-/t11-/m0/s1. The van der Waals surface area contributed by atoms with Crippen LogP contribution in [0.5, 0.6) is 0 Å². The SMILES string of the molecule is O=C(O)N1CCOC[C@H]1c1ccc(/C=N\O)cc1. The van der Waals surface area contributed by atoms with Crippen molar-refractivity contribution in [3.8, 4) is 0 Å². The second kappa shape index (κ2) is 5.50. The summed E-state index contributed by atoms with van der Waals surface area (Å²) in [6.45, 7) is 1.16. The molecule has 2 rings (SSSR count). The molecular weight excluding hydrogens is 236 g/mol. The van der Waals surface area contributed by atoms with Crippen molar-refractivity contribution in [3.05, 3.63) is 35.4 Å². The second-order valence-electron chi connectivity index (χ2n) is 3.98. The quantitative estimate of drug-likeness (QED) is 0.474. The van der Waals surface area contributed by atoms with E-state index in [0.29, 0.717) is 19.8 Å². The minimum Gasteiger partial charge on any atom is -0.465 e. The van der Waals surface area contributed by atoms with E-state index in [9.17, 15) is 4.79 Å². The van der Waals surface area contributed by atoms with Crippen LogP contribution in [-0.4, -0.2) is 47.3 Å². The molecule has 0 aromatic heterocycles. The fraction of sp³-hybridized carbons (Fsp3) is 0.333. The Morgan fingerprint density at radius 1 is 1.44 bits per heavy atom. The summed E-state index contributed by atoms with van der Waals surface area (Å²) in [4.78, 5) is 12.5. The summed E-state index contributed by atoms with van der Waals surface area (Å²) in [6, 6.07) is 6.88. The monoisotopic (exact) mass is 250 g/mol. The number of rotatable bonds is 2. The van der Waals surface area contributed by atoms with E-state index in [1.165, 1.54) is 11.1 Å². The molecule has 0 bridgehead atoms. The third-order valence-corrected chi connectivity index (χ3v) is 2.90. The van der Waals surface area contributed by atoms with Crippen molar-refractivity contribution in [1.29, 1.82) is 0 Å². The van der Waals surface area contributed by atoms with E-state index in [-0.39, 0.29) is 6.04 Å². The summed E-state index contributed by atoms with van der Waals surface area (Å²) >= 11 is 0. The molecule has 18 heavy (non-hydrogen) atoms. The first-order valence-corrected chi connectivity index (χ1v) is 5.57. The Kier molecular flexibility index (Phi) is 3.78. The number of oxime groups is 1. The van der Waals surface area contributed by atoms with Crippen LogP contribution in [-0.2, 0) is 4.74 Å². The molecular formula is C12H14N2O4. The van der Waals surface area contributed by atoms with Crippen LogP contribution in [0.2, 0.25) is 0 Å². The Hall–Kier alpha value is -2.08. The first-order valence-electron chi connectivity index (χ1n) is 5.57. The predicted molar refractivity (Wildman–Crippen MR) is 64.1 cm³/mol. The zero-order chi connectivity index (χ0) is 13.0. The van der Waals surface area contributed by atoms with Gasteiger partial charge in [-0.3, -0.25) is 4.90 Å². The second-order valence-corrected chi connectivity index (χ2v) is 3.98. The van der Waals surface area contributed by atoms with Gasteiger partial charge in [-0.25, -0.2) is 4.79 Å². The van der Waals surface area contributed by atoms with Crippen LogP contribution in [0.1, 0.15) is 17.2 Å². The van der Waals surface area contributed by atoms with Crippen molar-refractivity contribution >= 4 is 12.3 Å². The summed E-state index contributed by atoms with van der Waals surface area (Å²) < 4.78 is 5.32. The molecule has 1 heterocycles. The summed E-state index contributed by atoms with van der Waals surface area (Å²) in [5.41, 5.74) is 1.62. The Labute approximate surface area is 104 Å². The number of morpholine rings is 1. The molecule has 0 aliphatic carbocycles. The van der Waals surface area contributed by atoms with Gasteiger partial charge in [0.2, 0.25) is 0 Å². The Bertz CT molecular complexity index is 444. The molecule has 1 aliphatic heterocycles. The number of carboxylic acid groups (broad SMARTS) is 1. The zero-order valence-electron chi connectivity index (χ0n) is 9.69. The van der Waals surface area contributed by atoms with E-state index in [2.05, 4.69) is 5.16 Å². The maximum absolute atomic E-state index is 11.1. The molecule has 0 spiro atoms. The molecule has 1 aromatic carbocycles.